The van der Waals surface area contributed by atoms with Crippen LogP contribution in [0.4, 0.5) is 5.69 Å². The van der Waals surface area contributed by atoms with Crippen molar-refractivity contribution in [2.24, 2.45) is 0 Å². The van der Waals surface area contributed by atoms with Crippen LogP contribution in [0.1, 0.15) is 68.7 Å². The van der Waals surface area contributed by atoms with Gasteiger partial charge in [-0.05, 0) is 61.9 Å². The molecule has 1 heterocycles. The van der Waals surface area contributed by atoms with E-state index < -0.39 is 5.97 Å². The first-order chi connectivity index (χ1) is 16.5. The summed E-state index contributed by atoms with van der Waals surface area (Å²) in [5.74, 6) is -0.480. The molecule has 2 aromatic rings. The minimum absolute atomic E-state index is 0.0387. The third-order valence-corrected chi connectivity index (χ3v) is 6.07. The third-order valence-electron chi connectivity index (χ3n) is 6.07. The predicted molar refractivity (Wildman–Crippen MR) is 136 cm³/mol. The zero-order chi connectivity index (χ0) is 24.3. The van der Waals surface area contributed by atoms with Gasteiger partial charge in [0.25, 0.3) is 0 Å². The first-order valence-electron chi connectivity index (χ1n) is 12.3. The average Bonchev–Trinajstić information content (AvgIpc) is 2.84. The number of ether oxygens (including phenoxy) is 1. The molecule has 0 radical (unpaired) electrons. The van der Waals surface area contributed by atoms with Crippen LogP contribution in [0, 0.1) is 0 Å². The highest BCUT2D eigenvalue weighted by Gasteiger charge is 2.21. The zero-order valence-corrected chi connectivity index (χ0v) is 20.3. The molecule has 0 saturated carbocycles. The predicted octanol–water partition coefficient (Wildman–Crippen LogP) is 5.37. The lowest BCUT2D eigenvalue weighted by molar-refractivity contribution is -0.131. The van der Waals surface area contributed by atoms with Crippen molar-refractivity contribution in [1.29, 1.82) is 0 Å². The number of para-hydroxylation sites is 1. The summed E-state index contributed by atoms with van der Waals surface area (Å²) < 4.78 is 5.68. The van der Waals surface area contributed by atoms with Crippen LogP contribution in [0.3, 0.4) is 0 Å². The van der Waals surface area contributed by atoms with E-state index in [2.05, 4.69) is 41.4 Å². The second kappa shape index (κ2) is 12.8. The number of nitrogens with zero attached hydrogens (tertiary/aromatic N) is 1. The van der Waals surface area contributed by atoms with Crippen molar-refractivity contribution < 1.29 is 19.4 Å². The number of piperidine rings is 1. The highest BCUT2D eigenvalue weighted by Crippen LogP contribution is 2.31. The van der Waals surface area contributed by atoms with Crippen LogP contribution in [-0.2, 0) is 16.0 Å². The van der Waals surface area contributed by atoms with Gasteiger partial charge < -0.3 is 20.1 Å². The number of hydrogen-bond acceptors (Lipinski definition) is 4. The zero-order valence-electron chi connectivity index (χ0n) is 20.3. The first-order valence-corrected chi connectivity index (χ1v) is 12.3. The van der Waals surface area contributed by atoms with Crippen molar-refractivity contribution in [1.82, 2.24) is 5.32 Å². The largest absolute Gasteiger partial charge is 0.493 e. The molecule has 2 N–H and O–H groups in total. The van der Waals surface area contributed by atoms with E-state index in [0.717, 1.165) is 37.6 Å². The number of nitrogens with one attached hydrogen (secondary N) is 1. The van der Waals surface area contributed by atoms with Gasteiger partial charge in [-0.25, -0.2) is 4.79 Å². The number of amides is 1. The van der Waals surface area contributed by atoms with Crippen LogP contribution in [0.15, 0.2) is 48.5 Å². The molecule has 1 fully saturated rings. The van der Waals surface area contributed by atoms with Crippen molar-refractivity contribution in [3.05, 3.63) is 65.2 Å². The number of carboxylic acids is 1. The van der Waals surface area contributed by atoms with Gasteiger partial charge >= 0.3 is 5.97 Å². The number of hydrogen-bond donors (Lipinski definition) is 2. The number of benzene rings is 2. The Morgan fingerprint density at radius 3 is 2.59 bits per heavy atom. The maximum Gasteiger partial charge on any atom is 0.328 e. The van der Waals surface area contributed by atoms with E-state index in [1.165, 1.54) is 36.6 Å². The monoisotopic (exact) mass is 464 g/mol. The Balaban J connectivity index is 1.76. The Morgan fingerprint density at radius 2 is 1.88 bits per heavy atom. The Labute approximate surface area is 202 Å². The number of carbonyl (C=O) groups excluding carboxylic acids is 1. The van der Waals surface area contributed by atoms with Gasteiger partial charge in [0.05, 0.1) is 19.1 Å². The van der Waals surface area contributed by atoms with Gasteiger partial charge in [0.2, 0.25) is 5.91 Å². The van der Waals surface area contributed by atoms with E-state index in [1.807, 2.05) is 19.1 Å². The van der Waals surface area contributed by atoms with E-state index in [-0.39, 0.29) is 18.4 Å². The van der Waals surface area contributed by atoms with Gasteiger partial charge in [-0.1, -0.05) is 43.7 Å². The maximum absolute atomic E-state index is 13.1. The molecule has 1 saturated heterocycles. The Kier molecular flexibility index (Phi) is 9.56. The van der Waals surface area contributed by atoms with Gasteiger partial charge in [0, 0.05) is 30.4 Å². The molecule has 0 aliphatic carbocycles. The molecule has 6 heteroatoms. The van der Waals surface area contributed by atoms with Gasteiger partial charge in [-0.3, -0.25) is 4.79 Å². The van der Waals surface area contributed by atoms with Crippen LogP contribution in [0.2, 0.25) is 0 Å². The second-order valence-corrected chi connectivity index (χ2v) is 8.67. The molecule has 6 nitrogen and oxygen atoms in total. The summed E-state index contributed by atoms with van der Waals surface area (Å²) in [6.07, 6.45) is 8.36. The highest BCUT2D eigenvalue weighted by molar-refractivity contribution is 5.86. The summed E-state index contributed by atoms with van der Waals surface area (Å²) in [4.78, 5) is 26.4. The second-order valence-electron chi connectivity index (χ2n) is 8.67. The van der Waals surface area contributed by atoms with E-state index in [9.17, 15) is 9.59 Å². The molecule has 182 valence electrons. The van der Waals surface area contributed by atoms with Crippen LogP contribution >= 0.6 is 0 Å². The average molecular weight is 465 g/mol. The van der Waals surface area contributed by atoms with Crippen LogP contribution in [-0.4, -0.2) is 36.7 Å². The molecule has 0 aromatic heterocycles. The van der Waals surface area contributed by atoms with Gasteiger partial charge in [0.1, 0.15) is 5.75 Å². The lowest BCUT2D eigenvalue weighted by atomic mass is 9.97. The van der Waals surface area contributed by atoms with Crippen molar-refractivity contribution in [2.45, 2.75) is 58.4 Å². The van der Waals surface area contributed by atoms with Crippen molar-refractivity contribution in [2.75, 3.05) is 24.6 Å². The molecule has 34 heavy (non-hydrogen) atoms. The van der Waals surface area contributed by atoms with Crippen LogP contribution < -0.4 is 15.0 Å². The number of anilines is 1. The van der Waals surface area contributed by atoms with Crippen molar-refractivity contribution in [3.63, 3.8) is 0 Å². The lowest BCUT2D eigenvalue weighted by Gasteiger charge is -2.32. The third kappa shape index (κ3) is 7.11. The molecular weight excluding hydrogens is 428 g/mol. The molecule has 3 rings (SSSR count). The minimum Gasteiger partial charge on any atom is -0.493 e. The number of rotatable bonds is 11. The fourth-order valence-electron chi connectivity index (χ4n) is 4.50. The maximum atomic E-state index is 13.1. The van der Waals surface area contributed by atoms with E-state index in [1.54, 1.807) is 6.07 Å². The van der Waals surface area contributed by atoms with Gasteiger partial charge in [-0.15, -0.1) is 0 Å². The van der Waals surface area contributed by atoms with Gasteiger partial charge in [-0.2, -0.15) is 0 Å². The molecule has 1 aliphatic rings. The fraction of sp³-hybridized carbons (Fsp3) is 0.429. The van der Waals surface area contributed by atoms with Gasteiger partial charge in [0.15, 0.2) is 0 Å². The molecular formula is C28H36N2O4. The Hall–Kier alpha value is -3.28. The molecule has 1 unspecified atom stereocenters. The minimum atomic E-state index is -1.02. The molecule has 1 aliphatic heterocycles. The normalized spacial score (nSPS) is 14.7. The summed E-state index contributed by atoms with van der Waals surface area (Å²) in [7, 11) is 0. The Morgan fingerprint density at radius 1 is 1.12 bits per heavy atom. The Bertz CT molecular complexity index is 996. The summed E-state index contributed by atoms with van der Waals surface area (Å²) in [5.41, 5.74) is 3.92. The summed E-state index contributed by atoms with van der Waals surface area (Å²) in [5, 5.41) is 12.2. The van der Waals surface area contributed by atoms with Crippen molar-refractivity contribution in [3.8, 4) is 5.75 Å². The highest BCUT2D eigenvalue weighted by atomic mass is 16.5. The van der Waals surface area contributed by atoms with E-state index >= 15 is 0 Å². The molecule has 1 amide bonds. The summed E-state index contributed by atoms with van der Waals surface area (Å²) in [6.45, 7) is 6.59. The van der Waals surface area contributed by atoms with Crippen LogP contribution in [0.25, 0.3) is 6.08 Å². The van der Waals surface area contributed by atoms with E-state index in [0.29, 0.717) is 17.9 Å². The van der Waals surface area contributed by atoms with Crippen molar-refractivity contribution >= 4 is 23.6 Å². The smallest absolute Gasteiger partial charge is 0.328 e. The van der Waals surface area contributed by atoms with Crippen LogP contribution in [0.5, 0.6) is 5.75 Å². The molecule has 2 aromatic carbocycles. The topological polar surface area (TPSA) is 78.9 Å². The standard InChI is InChI=1S/C28H36N2O4/c1-3-10-24(23-11-6-7-12-25(23)30-17-8-5-9-18-30)29-27(31)20-21-13-14-22(15-16-28(32)33)26(19-21)34-4-2/h6-7,11-16,19,24H,3-5,8-10,17-18,20H2,1-2H3,(H,29,31)(H,32,33). The molecule has 0 bridgehead atoms. The first kappa shape index (κ1) is 25.3. The SMILES string of the molecule is CCCC(NC(=O)Cc1ccc(C=CC(=O)O)c(OCC)c1)c1ccccc1N1CCCCC1. The lowest BCUT2D eigenvalue weighted by Crippen LogP contribution is -2.34. The number of aliphatic carboxylic acids is 1. The number of carboxylic acid groups (broad SMARTS) is 1. The molecule has 1 atom stereocenters. The number of carbonyl (C=O) groups is 2. The molecule has 0 spiro atoms. The quantitative estimate of drug-likeness (QED) is 0.437. The summed E-state index contributed by atoms with van der Waals surface area (Å²) >= 11 is 0. The fourth-order valence-corrected chi connectivity index (χ4v) is 4.50. The summed E-state index contributed by atoms with van der Waals surface area (Å²) in [6, 6.07) is 13.9. The van der Waals surface area contributed by atoms with E-state index in [4.69, 9.17) is 9.84 Å².